The third-order valence-corrected chi connectivity index (χ3v) is 5.36. The highest BCUT2D eigenvalue weighted by molar-refractivity contribution is 5.77. The van der Waals surface area contributed by atoms with Crippen molar-refractivity contribution in [1.29, 1.82) is 0 Å². The summed E-state index contributed by atoms with van der Waals surface area (Å²) in [6, 6.07) is 26.3. The Labute approximate surface area is 130 Å². The highest BCUT2D eigenvalue weighted by atomic mass is 16.5. The van der Waals surface area contributed by atoms with E-state index in [0.717, 1.165) is 5.75 Å². The number of rotatable bonds is 2. The average Bonchev–Trinajstić information content (AvgIpc) is 2.56. The van der Waals surface area contributed by atoms with Crippen LogP contribution in [0.25, 0.3) is 0 Å². The molecule has 0 radical (unpaired) electrons. The van der Waals surface area contributed by atoms with E-state index in [1.54, 1.807) is 7.11 Å². The summed E-state index contributed by atoms with van der Waals surface area (Å²) in [7, 11) is 1.74. The van der Waals surface area contributed by atoms with Crippen molar-refractivity contribution in [3.8, 4) is 5.75 Å². The first-order chi connectivity index (χ1) is 10.9. The lowest BCUT2D eigenvalue weighted by Gasteiger charge is -2.61. The van der Waals surface area contributed by atoms with Crippen LogP contribution in [0.3, 0.4) is 0 Å². The van der Waals surface area contributed by atoms with Crippen LogP contribution in [0, 0.1) is 0 Å². The number of benzene rings is 3. The lowest BCUT2D eigenvalue weighted by Crippen LogP contribution is -2.54. The molecular weight excluding hydrogens is 268 g/mol. The molecule has 0 amide bonds. The molecule has 2 atom stereocenters. The van der Waals surface area contributed by atoms with Crippen LogP contribution < -0.4 is 4.74 Å². The van der Waals surface area contributed by atoms with Crippen molar-refractivity contribution in [2.75, 3.05) is 7.11 Å². The third kappa shape index (κ3) is 1.17. The van der Waals surface area contributed by atoms with Gasteiger partial charge in [-0.2, -0.15) is 0 Å². The molecule has 0 heterocycles. The van der Waals surface area contributed by atoms with Crippen LogP contribution in [0.2, 0.25) is 0 Å². The fourth-order valence-electron chi connectivity index (χ4n) is 4.48. The normalized spacial score (nSPS) is 23.4. The van der Waals surface area contributed by atoms with E-state index in [2.05, 4.69) is 72.8 Å². The van der Waals surface area contributed by atoms with Crippen molar-refractivity contribution >= 4 is 0 Å². The Kier molecular flexibility index (Phi) is 2.20. The van der Waals surface area contributed by atoms with Gasteiger partial charge in [-0.15, -0.1) is 0 Å². The van der Waals surface area contributed by atoms with Gasteiger partial charge in [-0.1, -0.05) is 60.7 Å². The van der Waals surface area contributed by atoms with E-state index in [-0.39, 0.29) is 5.41 Å². The second-order valence-electron chi connectivity index (χ2n) is 6.15. The quantitative estimate of drug-likeness (QED) is 0.674. The zero-order valence-corrected chi connectivity index (χ0v) is 12.4. The van der Waals surface area contributed by atoms with Gasteiger partial charge in [-0.3, -0.25) is 0 Å². The minimum absolute atomic E-state index is 0.0295. The highest BCUT2D eigenvalue weighted by Gasteiger charge is 2.62. The first-order valence-electron chi connectivity index (χ1n) is 7.70. The Morgan fingerprint density at radius 1 is 0.773 bits per heavy atom. The largest absolute Gasteiger partial charge is 0.497 e. The molecule has 0 aromatic heterocycles. The second kappa shape index (κ2) is 4.01. The number of ether oxygens (including phenoxy) is 1. The van der Waals surface area contributed by atoms with E-state index < -0.39 is 0 Å². The Hall–Kier alpha value is -2.54. The Morgan fingerprint density at radius 2 is 1.50 bits per heavy atom. The van der Waals surface area contributed by atoms with Gasteiger partial charge < -0.3 is 4.74 Å². The summed E-state index contributed by atoms with van der Waals surface area (Å²) in [6.45, 7) is 0. The predicted molar refractivity (Wildman–Crippen MR) is 87.6 cm³/mol. The van der Waals surface area contributed by atoms with Crippen molar-refractivity contribution < 1.29 is 4.74 Å². The van der Waals surface area contributed by atoms with Gasteiger partial charge in [-0.05, 0) is 39.9 Å². The highest BCUT2D eigenvalue weighted by Crippen LogP contribution is 2.70. The molecular formula is C21H16O. The topological polar surface area (TPSA) is 9.23 Å². The molecule has 1 nitrogen and oxygen atoms in total. The van der Waals surface area contributed by atoms with E-state index in [1.165, 1.54) is 27.8 Å². The van der Waals surface area contributed by atoms with Crippen molar-refractivity contribution in [2.45, 2.75) is 11.3 Å². The first kappa shape index (κ1) is 12.0. The van der Waals surface area contributed by atoms with Crippen molar-refractivity contribution in [1.82, 2.24) is 0 Å². The molecule has 0 saturated carbocycles. The van der Waals surface area contributed by atoms with Gasteiger partial charge in [0.25, 0.3) is 0 Å². The summed E-state index contributed by atoms with van der Waals surface area (Å²) in [5.41, 5.74) is 7.20. The number of fused-ring (bicyclic) bond motifs is 7. The minimum atomic E-state index is 0.0295. The number of hydrogen-bond donors (Lipinski definition) is 0. The zero-order chi connectivity index (χ0) is 14.7. The molecule has 0 spiro atoms. The van der Waals surface area contributed by atoms with Crippen molar-refractivity contribution in [2.24, 2.45) is 0 Å². The maximum absolute atomic E-state index is 5.46. The Bertz CT molecular complexity index is 881. The Balaban J connectivity index is 1.82. The van der Waals surface area contributed by atoms with Crippen LogP contribution in [0.15, 0.2) is 72.8 Å². The molecule has 3 aromatic rings. The molecule has 22 heavy (non-hydrogen) atoms. The van der Waals surface area contributed by atoms with E-state index in [0.29, 0.717) is 5.92 Å². The molecule has 106 valence electrons. The summed E-state index contributed by atoms with van der Waals surface area (Å²) in [5, 5.41) is 0. The van der Waals surface area contributed by atoms with Gasteiger partial charge in [0.2, 0.25) is 0 Å². The van der Waals surface area contributed by atoms with Crippen LogP contribution in [-0.4, -0.2) is 7.11 Å². The predicted octanol–water partition coefficient (Wildman–Crippen LogP) is 4.49. The van der Waals surface area contributed by atoms with Gasteiger partial charge in [0.05, 0.1) is 12.5 Å². The van der Waals surface area contributed by atoms with E-state index in [4.69, 9.17) is 4.74 Å². The molecule has 0 aliphatic heterocycles. The van der Waals surface area contributed by atoms with Gasteiger partial charge in [0.15, 0.2) is 0 Å². The van der Waals surface area contributed by atoms with Gasteiger partial charge in [0.1, 0.15) is 5.75 Å². The van der Waals surface area contributed by atoms with Crippen LogP contribution in [0.4, 0.5) is 0 Å². The summed E-state index contributed by atoms with van der Waals surface area (Å²) >= 11 is 0. The number of methoxy groups -OCH3 is 1. The molecule has 0 fully saturated rings. The summed E-state index contributed by atoms with van der Waals surface area (Å²) in [5.74, 6) is 1.43. The SMILES string of the molecule is COc1ccc2c(c1)[C@]1(c3ccccc3)c3ccccc3[C@H]21. The van der Waals surface area contributed by atoms with Crippen LogP contribution in [-0.2, 0) is 5.41 Å². The second-order valence-corrected chi connectivity index (χ2v) is 6.15. The molecule has 2 aliphatic rings. The summed E-state index contributed by atoms with van der Waals surface area (Å²) in [4.78, 5) is 0. The molecule has 1 heteroatoms. The fraction of sp³-hybridized carbons (Fsp3) is 0.143. The van der Waals surface area contributed by atoms with Crippen LogP contribution in [0.5, 0.6) is 5.75 Å². The molecule has 2 aliphatic carbocycles. The van der Waals surface area contributed by atoms with Crippen LogP contribution >= 0.6 is 0 Å². The minimum Gasteiger partial charge on any atom is -0.497 e. The molecule has 0 saturated heterocycles. The van der Waals surface area contributed by atoms with E-state index >= 15 is 0 Å². The molecule has 0 N–H and O–H groups in total. The zero-order valence-electron chi connectivity index (χ0n) is 12.4. The molecule has 0 bridgehead atoms. The smallest absolute Gasteiger partial charge is 0.119 e. The standard InChI is InChI=1S/C21H16O/c1-22-15-11-12-17-19(13-15)21(14-7-3-2-4-8-14)18-10-6-5-9-16(18)20(17)21/h2-13,20H,1H3/t20-,21+/m1/s1. The van der Waals surface area contributed by atoms with Gasteiger partial charge >= 0.3 is 0 Å². The lowest BCUT2D eigenvalue weighted by molar-refractivity contribution is 0.381. The molecule has 5 rings (SSSR count). The first-order valence-corrected chi connectivity index (χ1v) is 7.70. The summed E-state index contributed by atoms with van der Waals surface area (Å²) < 4.78 is 5.46. The number of hydrogen-bond acceptors (Lipinski definition) is 1. The van der Waals surface area contributed by atoms with Crippen molar-refractivity contribution in [3.05, 3.63) is 101 Å². The van der Waals surface area contributed by atoms with Gasteiger partial charge in [-0.25, -0.2) is 0 Å². The van der Waals surface area contributed by atoms with Gasteiger partial charge in [0, 0.05) is 5.92 Å². The van der Waals surface area contributed by atoms with E-state index in [9.17, 15) is 0 Å². The van der Waals surface area contributed by atoms with Crippen molar-refractivity contribution in [3.63, 3.8) is 0 Å². The third-order valence-electron chi connectivity index (χ3n) is 5.36. The molecule has 3 aromatic carbocycles. The lowest BCUT2D eigenvalue weighted by atomic mass is 9.40. The van der Waals surface area contributed by atoms with E-state index in [1.807, 2.05) is 0 Å². The average molecular weight is 284 g/mol. The molecule has 0 unspecified atom stereocenters. The summed E-state index contributed by atoms with van der Waals surface area (Å²) in [6.07, 6.45) is 0. The maximum atomic E-state index is 5.46. The Morgan fingerprint density at radius 3 is 2.32 bits per heavy atom. The van der Waals surface area contributed by atoms with Crippen LogP contribution in [0.1, 0.15) is 33.7 Å². The maximum Gasteiger partial charge on any atom is 0.119 e. The fourth-order valence-corrected chi connectivity index (χ4v) is 4.48. The monoisotopic (exact) mass is 284 g/mol.